The van der Waals surface area contributed by atoms with Crippen molar-refractivity contribution in [2.24, 2.45) is 17.4 Å². The summed E-state index contributed by atoms with van der Waals surface area (Å²) in [6, 6.07) is 0.840. The molecule has 4 heteroatoms. The maximum atomic E-state index is 10.7. The molecule has 2 aliphatic rings. The third kappa shape index (κ3) is 2.72. The molecular formula is C11H19N3O. The molecule has 1 saturated heterocycles. The number of likely N-dealkylation sites (tertiary alicyclic amines) is 1. The third-order valence-corrected chi connectivity index (χ3v) is 3.37. The monoisotopic (exact) mass is 209 g/mol. The quantitative estimate of drug-likeness (QED) is 0.652. The highest BCUT2D eigenvalue weighted by atomic mass is 16.1. The van der Waals surface area contributed by atoms with E-state index in [4.69, 9.17) is 11.5 Å². The number of amides is 1. The largest absolute Gasteiger partial charge is 0.402 e. The van der Waals surface area contributed by atoms with Crippen molar-refractivity contribution < 1.29 is 4.79 Å². The van der Waals surface area contributed by atoms with Gasteiger partial charge in [0.15, 0.2) is 0 Å². The summed E-state index contributed by atoms with van der Waals surface area (Å²) in [7, 11) is 0. The Balaban J connectivity index is 1.84. The maximum absolute atomic E-state index is 10.7. The summed E-state index contributed by atoms with van der Waals surface area (Å²) in [5, 5.41) is 0. The van der Waals surface area contributed by atoms with Crippen LogP contribution < -0.4 is 11.5 Å². The molecule has 1 aliphatic carbocycles. The van der Waals surface area contributed by atoms with E-state index in [0.717, 1.165) is 32.0 Å². The fourth-order valence-electron chi connectivity index (χ4n) is 2.32. The average Bonchev–Trinajstić information content (AvgIpc) is 3.00. The molecule has 0 radical (unpaired) electrons. The van der Waals surface area contributed by atoms with Gasteiger partial charge in [-0.15, -0.1) is 0 Å². The summed E-state index contributed by atoms with van der Waals surface area (Å²) in [6.45, 7) is 2.23. The van der Waals surface area contributed by atoms with Crippen LogP contribution in [0.4, 0.5) is 0 Å². The smallest absolute Gasteiger partial charge is 0.243 e. The summed E-state index contributed by atoms with van der Waals surface area (Å²) in [6.07, 6.45) is 6.21. The minimum atomic E-state index is -0.433. The molecule has 1 saturated carbocycles. The van der Waals surface area contributed by atoms with Gasteiger partial charge >= 0.3 is 0 Å². The fourth-order valence-corrected chi connectivity index (χ4v) is 2.32. The van der Waals surface area contributed by atoms with Crippen LogP contribution in [0.15, 0.2) is 11.8 Å². The van der Waals surface area contributed by atoms with Gasteiger partial charge < -0.3 is 16.4 Å². The molecule has 15 heavy (non-hydrogen) atoms. The number of carbonyl (C=O) groups excluding carboxylic acids is 1. The van der Waals surface area contributed by atoms with Gasteiger partial charge in [0.05, 0.1) is 0 Å². The second kappa shape index (κ2) is 4.23. The summed E-state index contributed by atoms with van der Waals surface area (Å²) < 4.78 is 0. The van der Waals surface area contributed by atoms with Gasteiger partial charge in [0.1, 0.15) is 0 Å². The molecule has 0 bridgehead atoms. The molecular weight excluding hydrogens is 190 g/mol. The van der Waals surface area contributed by atoms with Crippen molar-refractivity contribution >= 4 is 5.91 Å². The zero-order valence-corrected chi connectivity index (χ0v) is 8.98. The fraction of sp³-hybridized carbons (Fsp3) is 0.727. The third-order valence-electron chi connectivity index (χ3n) is 3.37. The molecule has 84 valence electrons. The van der Waals surface area contributed by atoms with E-state index in [2.05, 4.69) is 4.90 Å². The highest BCUT2D eigenvalue weighted by Crippen LogP contribution is 2.31. The van der Waals surface area contributed by atoms with Gasteiger partial charge in [-0.25, -0.2) is 0 Å². The first-order valence-electron chi connectivity index (χ1n) is 5.67. The number of rotatable bonds is 3. The molecule has 0 aromatic rings. The SMILES string of the molecule is NC(=O)/C=C(\N)C1CCN(C2CC2)CC1. The number of hydrogen-bond acceptors (Lipinski definition) is 3. The van der Waals surface area contributed by atoms with Crippen LogP contribution in [0.5, 0.6) is 0 Å². The molecule has 2 rings (SSSR count). The Labute approximate surface area is 90.3 Å². The summed E-state index contributed by atoms with van der Waals surface area (Å²) in [4.78, 5) is 13.2. The van der Waals surface area contributed by atoms with E-state index in [1.807, 2.05) is 0 Å². The lowest BCUT2D eigenvalue weighted by Gasteiger charge is -2.32. The maximum Gasteiger partial charge on any atom is 0.243 e. The first-order valence-corrected chi connectivity index (χ1v) is 5.67. The van der Waals surface area contributed by atoms with E-state index in [-0.39, 0.29) is 0 Å². The van der Waals surface area contributed by atoms with E-state index >= 15 is 0 Å². The van der Waals surface area contributed by atoms with Crippen LogP contribution in [0.3, 0.4) is 0 Å². The molecule has 0 spiro atoms. The first-order chi connectivity index (χ1) is 7.16. The second-order valence-electron chi connectivity index (χ2n) is 4.59. The molecule has 4 nitrogen and oxygen atoms in total. The van der Waals surface area contributed by atoms with Crippen molar-refractivity contribution in [2.45, 2.75) is 31.7 Å². The lowest BCUT2D eigenvalue weighted by Crippen LogP contribution is -2.37. The Hall–Kier alpha value is -1.03. The molecule has 0 unspecified atom stereocenters. The lowest BCUT2D eigenvalue weighted by molar-refractivity contribution is -0.113. The highest BCUT2D eigenvalue weighted by molar-refractivity contribution is 5.86. The summed E-state index contributed by atoms with van der Waals surface area (Å²) in [5.74, 6) is -0.0791. The van der Waals surface area contributed by atoms with E-state index < -0.39 is 5.91 Å². The van der Waals surface area contributed by atoms with Gasteiger partial charge in [-0.05, 0) is 38.8 Å². The second-order valence-corrected chi connectivity index (χ2v) is 4.59. The number of hydrogen-bond donors (Lipinski definition) is 2. The lowest BCUT2D eigenvalue weighted by atomic mass is 9.93. The number of nitrogens with two attached hydrogens (primary N) is 2. The van der Waals surface area contributed by atoms with Gasteiger partial charge in [-0.2, -0.15) is 0 Å². The minimum absolute atomic E-state index is 0.354. The van der Waals surface area contributed by atoms with Gasteiger partial charge in [0.25, 0.3) is 0 Å². The molecule has 1 heterocycles. The van der Waals surface area contributed by atoms with Crippen LogP contribution in [0, 0.1) is 5.92 Å². The molecule has 1 amide bonds. The minimum Gasteiger partial charge on any atom is -0.402 e. The number of primary amides is 1. The van der Waals surface area contributed by atoms with Crippen molar-refractivity contribution in [1.82, 2.24) is 4.90 Å². The molecule has 1 aliphatic heterocycles. The highest BCUT2D eigenvalue weighted by Gasteiger charge is 2.32. The van der Waals surface area contributed by atoms with Gasteiger partial charge in [0.2, 0.25) is 5.91 Å². The van der Waals surface area contributed by atoms with Crippen molar-refractivity contribution in [3.05, 3.63) is 11.8 Å². The van der Waals surface area contributed by atoms with Crippen LogP contribution in [0.2, 0.25) is 0 Å². The normalized spacial score (nSPS) is 25.5. The Morgan fingerprint density at radius 3 is 2.20 bits per heavy atom. The summed E-state index contributed by atoms with van der Waals surface area (Å²) in [5.41, 5.74) is 11.6. The molecule has 0 atom stereocenters. The van der Waals surface area contributed by atoms with Crippen molar-refractivity contribution in [2.75, 3.05) is 13.1 Å². The molecule has 0 aromatic heterocycles. The van der Waals surface area contributed by atoms with Gasteiger partial charge in [0, 0.05) is 23.7 Å². The zero-order valence-electron chi connectivity index (χ0n) is 8.98. The molecule has 4 N–H and O–H groups in total. The van der Waals surface area contributed by atoms with Gasteiger partial charge in [-0.3, -0.25) is 4.79 Å². The predicted octanol–water partition coefficient (Wildman–Crippen LogP) is 0.189. The van der Waals surface area contributed by atoms with Crippen molar-refractivity contribution in [3.63, 3.8) is 0 Å². The van der Waals surface area contributed by atoms with Crippen molar-refractivity contribution in [3.8, 4) is 0 Å². The molecule has 2 fully saturated rings. The standard InChI is InChI=1S/C11H19N3O/c12-10(7-11(13)15)8-3-5-14(6-4-8)9-1-2-9/h7-9H,1-6,12H2,(H2,13,15)/b10-7-. The number of nitrogens with zero attached hydrogens (tertiary/aromatic N) is 1. The van der Waals surface area contributed by atoms with Crippen LogP contribution >= 0.6 is 0 Å². The van der Waals surface area contributed by atoms with E-state index in [0.29, 0.717) is 11.6 Å². The van der Waals surface area contributed by atoms with Crippen LogP contribution in [0.1, 0.15) is 25.7 Å². The number of piperidine rings is 1. The Bertz CT molecular complexity index is 276. The summed E-state index contributed by atoms with van der Waals surface area (Å²) >= 11 is 0. The van der Waals surface area contributed by atoms with E-state index in [9.17, 15) is 4.79 Å². The number of allylic oxidation sites excluding steroid dienone is 1. The Kier molecular flexibility index (Phi) is 2.95. The molecule has 0 aromatic carbocycles. The van der Waals surface area contributed by atoms with E-state index in [1.165, 1.54) is 18.9 Å². The topological polar surface area (TPSA) is 72.3 Å². The van der Waals surface area contributed by atoms with Gasteiger partial charge in [-0.1, -0.05) is 0 Å². The zero-order chi connectivity index (χ0) is 10.8. The average molecular weight is 209 g/mol. The van der Waals surface area contributed by atoms with Crippen LogP contribution in [-0.2, 0) is 4.79 Å². The Morgan fingerprint density at radius 2 is 1.73 bits per heavy atom. The predicted molar refractivity (Wildman–Crippen MR) is 58.8 cm³/mol. The van der Waals surface area contributed by atoms with Crippen LogP contribution in [0.25, 0.3) is 0 Å². The first kappa shape index (κ1) is 10.5. The van der Waals surface area contributed by atoms with Crippen molar-refractivity contribution in [1.29, 1.82) is 0 Å². The van der Waals surface area contributed by atoms with Crippen LogP contribution in [-0.4, -0.2) is 29.9 Å². The number of carbonyl (C=O) groups is 1. The van der Waals surface area contributed by atoms with E-state index in [1.54, 1.807) is 0 Å². The Morgan fingerprint density at radius 1 is 1.13 bits per heavy atom.